The van der Waals surface area contributed by atoms with E-state index in [-0.39, 0.29) is 11.5 Å². The Labute approximate surface area is 69.0 Å². The van der Waals surface area contributed by atoms with Crippen molar-refractivity contribution >= 4 is 9.84 Å². The summed E-state index contributed by atoms with van der Waals surface area (Å²) in [4.78, 5) is 0. The Morgan fingerprint density at radius 2 is 1.67 bits per heavy atom. The molecule has 12 heavy (non-hydrogen) atoms. The lowest BCUT2D eigenvalue weighted by atomic mass is 10.6. The minimum atomic E-state index is -4.57. The van der Waals surface area contributed by atoms with Crippen molar-refractivity contribution in [2.24, 2.45) is 0 Å². The van der Waals surface area contributed by atoms with Gasteiger partial charge in [0.05, 0.1) is 5.25 Å². The summed E-state index contributed by atoms with van der Waals surface area (Å²) in [5, 5.41) is -0.631. The Morgan fingerprint density at radius 1 is 1.25 bits per heavy atom. The third kappa shape index (κ3) is 4.38. The molecule has 0 amide bonds. The third-order valence-corrected chi connectivity index (χ3v) is 2.93. The molecule has 0 aliphatic carbocycles. The standard InChI is InChI=1S/C6H9F3O2S/c1-5(2)12(10,11)4-3-6(7,8)9/h3-5H,1-2H3/b4-3-. The third-order valence-electron chi connectivity index (χ3n) is 1.10. The van der Waals surface area contributed by atoms with Crippen LogP contribution in [0.5, 0.6) is 0 Å². The highest BCUT2D eigenvalue weighted by atomic mass is 32.2. The van der Waals surface area contributed by atoms with Crippen molar-refractivity contribution in [1.29, 1.82) is 0 Å². The summed E-state index contributed by atoms with van der Waals surface area (Å²) in [6.07, 6.45) is -4.84. The summed E-state index contributed by atoms with van der Waals surface area (Å²) < 4.78 is 56.1. The average Bonchev–Trinajstić information content (AvgIpc) is 1.82. The van der Waals surface area contributed by atoms with Gasteiger partial charge in [-0.2, -0.15) is 13.2 Å². The van der Waals surface area contributed by atoms with Crippen LogP contribution in [0.4, 0.5) is 13.2 Å². The molecule has 6 heteroatoms. The number of hydrogen-bond donors (Lipinski definition) is 0. The molecule has 0 saturated heterocycles. The van der Waals surface area contributed by atoms with E-state index in [0.29, 0.717) is 0 Å². The zero-order valence-electron chi connectivity index (χ0n) is 6.59. The van der Waals surface area contributed by atoms with E-state index in [4.69, 9.17) is 0 Å². The number of sulfone groups is 1. The van der Waals surface area contributed by atoms with Gasteiger partial charge in [0.25, 0.3) is 0 Å². The molecule has 0 aliphatic heterocycles. The lowest BCUT2D eigenvalue weighted by molar-refractivity contribution is -0.0797. The predicted octanol–water partition coefficient (Wildman–Crippen LogP) is 1.89. The SMILES string of the molecule is CC(C)S(=O)(=O)/C=C\C(F)(F)F. The van der Waals surface area contributed by atoms with Crippen LogP contribution in [0.1, 0.15) is 13.8 Å². The predicted molar refractivity (Wildman–Crippen MR) is 39.3 cm³/mol. The normalized spacial score (nSPS) is 14.5. The van der Waals surface area contributed by atoms with E-state index in [2.05, 4.69) is 0 Å². The van der Waals surface area contributed by atoms with E-state index in [1.165, 1.54) is 13.8 Å². The maximum Gasteiger partial charge on any atom is 0.410 e. The van der Waals surface area contributed by atoms with Gasteiger partial charge in [0.2, 0.25) is 0 Å². The minimum Gasteiger partial charge on any atom is -0.224 e. The smallest absolute Gasteiger partial charge is 0.224 e. The molecule has 0 fully saturated rings. The fourth-order valence-electron chi connectivity index (χ4n) is 0.329. The number of halogens is 3. The summed E-state index contributed by atoms with van der Waals surface area (Å²) in [5.41, 5.74) is 0. The number of hydrogen-bond acceptors (Lipinski definition) is 2. The number of allylic oxidation sites excluding steroid dienone is 1. The van der Waals surface area contributed by atoms with Gasteiger partial charge < -0.3 is 0 Å². The van der Waals surface area contributed by atoms with E-state index in [0.717, 1.165) is 0 Å². The summed E-state index contributed by atoms with van der Waals surface area (Å²) >= 11 is 0. The van der Waals surface area contributed by atoms with Crippen molar-refractivity contribution in [1.82, 2.24) is 0 Å². The van der Waals surface area contributed by atoms with Crippen molar-refractivity contribution in [3.05, 3.63) is 11.5 Å². The van der Waals surface area contributed by atoms with Crippen LogP contribution in [0, 0.1) is 0 Å². The first kappa shape index (κ1) is 11.5. The maximum absolute atomic E-state index is 11.5. The van der Waals surface area contributed by atoms with Crippen molar-refractivity contribution in [3.8, 4) is 0 Å². The second-order valence-corrected chi connectivity index (χ2v) is 4.88. The van der Waals surface area contributed by atoms with E-state index < -0.39 is 21.3 Å². The Balaban J connectivity index is 4.58. The first-order valence-corrected chi connectivity index (χ1v) is 4.76. The van der Waals surface area contributed by atoms with Crippen LogP contribution < -0.4 is 0 Å². The molecule has 0 bridgehead atoms. The zero-order valence-corrected chi connectivity index (χ0v) is 7.41. The molecule has 0 aromatic heterocycles. The first-order valence-electron chi connectivity index (χ1n) is 3.15. The molecule has 0 radical (unpaired) electrons. The molecule has 0 rings (SSSR count). The Morgan fingerprint density at radius 3 is 1.92 bits per heavy atom. The van der Waals surface area contributed by atoms with Crippen molar-refractivity contribution in [2.45, 2.75) is 25.3 Å². The largest absolute Gasteiger partial charge is 0.410 e. The summed E-state index contributed by atoms with van der Waals surface area (Å²) in [5.74, 6) is 0. The lowest BCUT2D eigenvalue weighted by Gasteiger charge is -2.02. The number of rotatable bonds is 2. The molecule has 0 atom stereocenters. The maximum atomic E-state index is 11.5. The molecule has 0 heterocycles. The van der Waals surface area contributed by atoms with Crippen molar-refractivity contribution in [3.63, 3.8) is 0 Å². The van der Waals surface area contributed by atoms with Gasteiger partial charge in [-0.3, -0.25) is 0 Å². The summed E-state index contributed by atoms with van der Waals surface area (Å²) in [6, 6.07) is 0. The Kier molecular flexibility index (Phi) is 3.32. The van der Waals surface area contributed by atoms with Gasteiger partial charge in [-0.05, 0) is 13.8 Å². The van der Waals surface area contributed by atoms with Crippen LogP contribution in [0.15, 0.2) is 11.5 Å². The molecule has 0 aromatic carbocycles. The summed E-state index contributed by atoms with van der Waals surface area (Å²) in [6.45, 7) is 2.63. The second-order valence-electron chi connectivity index (χ2n) is 2.48. The molecule has 0 spiro atoms. The van der Waals surface area contributed by atoms with Crippen LogP contribution >= 0.6 is 0 Å². The molecule has 0 aromatic rings. The average molecular weight is 202 g/mol. The van der Waals surface area contributed by atoms with Gasteiger partial charge in [0.1, 0.15) is 0 Å². The van der Waals surface area contributed by atoms with Gasteiger partial charge in [-0.25, -0.2) is 8.42 Å². The highest BCUT2D eigenvalue weighted by molar-refractivity contribution is 7.94. The lowest BCUT2D eigenvalue weighted by Crippen LogP contribution is -2.12. The van der Waals surface area contributed by atoms with E-state index in [1.54, 1.807) is 0 Å². The molecule has 0 unspecified atom stereocenters. The second kappa shape index (κ2) is 3.47. The first-order chi connectivity index (χ1) is 5.15. The molecular formula is C6H9F3O2S. The highest BCUT2D eigenvalue weighted by Gasteiger charge is 2.24. The highest BCUT2D eigenvalue weighted by Crippen LogP contribution is 2.17. The summed E-state index contributed by atoms with van der Waals surface area (Å²) in [7, 11) is -3.73. The van der Waals surface area contributed by atoms with Crippen molar-refractivity contribution < 1.29 is 21.6 Å². The van der Waals surface area contributed by atoms with Gasteiger partial charge in [0.15, 0.2) is 9.84 Å². The zero-order chi connectivity index (χ0) is 9.99. The molecule has 72 valence electrons. The number of alkyl halides is 3. The van der Waals surface area contributed by atoms with E-state index >= 15 is 0 Å². The fourth-order valence-corrected chi connectivity index (χ4v) is 0.987. The Hall–Kier alpha value is -0.520. The topological polar surface area (TPSA) is 34.1 Å². The molecule has 0 N–H and O–H groups in total. The van der Waals surface area contributed by atoms with Crippen LogP contribution in [0.25, 0.3) is 0 Å². The quantitative estimate of drug-likeness (QED) is 0.685. The molecule has 2 nitrogen and oxygen atoms in total. The molecule has 0 saturated carbocycles. The van der Waals surface area contributed by atoms with Gasteiger partial charge in [0, 0.05) is 11.5 Å². The van der Waals surface area contributed by atoms with Crippen LogP contribution in [-0.2, 0) is 9.84 Å². The van der Waals surface area contributed by atoms with E-state index in [1.807, 2.05) is 0 Å². The Bertz CT molecular complexity index is 261. The van der Waals surface area contributed by atoms with Crippen LogP contribution in [0.2, 0.25) is 0 Å². The molecule has 0 aliphatic rings. The monoisotopic (exact) mass is 202 g/mol. The van der Waals surface area contributed by atoms with Gasteiger partial charge >= 0.3 is 6.18 Å². The van der Waals surface area contributed by atoms with E-state index in [9.17, 15) is 21.6 Å². The molecular weight excluding hydrogens is 193 g/mol. The van der Waals surface area contributed by atoms with Crippen LogP contribution in [0.3, 0.4) is 0 Å². The minimum absolute atomic E-state index is 0.192. The van der Waals surface area contributed by atoms with Crippen molar-refractivity contribution in [2.75, 3.05) is 0 Å². The fraction of sp³-hybridized carbons (Fsp3) is 0.667. The van der Waals surface area contributed by atoms with Gasteiger partial charge in [-0.15, -0.1) is 0 Å². The van der Waals surface area contributed by atoms with Gasteiger partial charge in [-0.1, -0.05) is 0 Å². The van der Waals surface area contributed by atoms with Crippen LogP contribution in [-0.4, -0.2) is 19.8 Å².